The van der Waals surface area contributed by atoms with Crippen molar-refractivity contribution in [3.05, 3.63) is 34.4 Å². The van der Waals surface area contributed by atoms with Crippen molar-refractivity contribution in [3.8, 4) is 0 Å². The van der Waals surface area contributed by atoms with E-state index in [1.807, 2.05) is 20.8 Å². The first-order chi connectivity index (χ1) is 7.38. The highest BCUT2D eigenvalue weighted by atomic mass is 16.6. The number of hydrazine groups is 1. The van der Waals surface area contributed by atoms with Gasteiger partial charge in [0, 0.05) is 12.1 Å². The Morgan fingerprint density at radius 3 is 2.25 bits per heavy atom. The van der Waals surface area contributed by atoms with E-state index < -0.39 is 4.92 Å². The summed E-state index contributed by atoms with van der Waals surface area (Å²) in [6.45, 7) is 6.09. The second-order valence-corrected chi connectivity index (χ2v) is 4.31. The maximum Gasteiger partial charge on any atom is 0.269 e. The summed E-state index contributed by atoms with van der Waals surface area (Å²) in [4.78, 5) is 10.1. The van der Waals surface area contributed by atoms with Crippen LogP contribution in [0, 0.1) is 10.1 Å². The zero-order chi connectivity index (χ0) is 12.3. The fourth-order valence-electron chi connectivity index (χ4n) is 1.25. The van der Waals surface area contributed by atoms with Gasteiger partial charge in [0.1, 0.15) is 0 Å². The van der Waals surface area contributed by atoms with E-state index in [4.69, 9.17) is 5.84 Å². The average molecular weight is 223 g/mol. The van der Waals surface area contributed by atoms with Crippen molar-refractivity contribution >= 4 is 11.4 Å². The Hall–Kier alpha value is -1.62. The minimum Gasteiger partial charge on any atom is -0.306 e. The molecule has 1 aromatic carbocycles. The van der Waals surface area contributed by atoms with Crippen LogP contribution in [0.3, 0.4) is 0 Å². The van der Waals surface area contributed by atoms with Gasteiger partial charge in [-0.25, -0.2) is 5.84 Å². The molecular weight excluding hydrogens is 206 g/mol. The summed E-state index contributed by atoms with van der Waals surface area (Å²) < 4.78 is 0. The van der Waals surface area contributed by atoms with E-state index in [0.717, 1.165) is 12.1 Å². The van der Waals surface area contributed by atoms with Crippen LogP contribution < -0.4 is 10.9 Å². The third-order valence-corrected chi connectivity index (χ3v) is 2.86. The number of non-ortho nitro benzene ring substituents is 1. The highest BCUT2D eigenvalue weighted by Gasteiger charge is 2.22. The molecule has 0 amide bonds. The van der Waals surface area contributed by atoms with Crippen molar-refractivity contribution in [1.82, 2.24) is 0 Å². The van der Waals surface area contributed by atoms with Gasteiger partial charge in [-0.1, -0.05) is 6.92 Å². The molecule has 0 unspecified atom stereocenters. The van der Waals surface area contributed by atoms with Crippen molar-refractivity contribution in [2.24, 2.45) is 5.84 Å². The molecule has 0 heterocycles. The van der Waals surface area contributed by atoms with Crippen molar-refractivity contribution in [2.75, 3.05) is 5.01 Å². The second kappa shape index (κ2) is 4.49. The lowest BCUT2D eigenvalue weighted by Gasteiger charge is -2.35. The molecule has 0 aliphatic rings. The van der Waals surface area contributed by atoms with Gasteiger partial charge in [-0.3, -0.25) is 10.1 Å². The first-order valence-corrected chi connectivity index (χ1v) is 5.18. The molecule has 0 aliphatic carbocycles. The van der Waals surface area contributed by atoms with Crippen molar-refractivity contribution in [3.63, 3.8) is 0 Å². The van der Waals surface area contributed by atoms with Crippen LogP contribution in [0.25, 0.3) is 0 Å². The van der Waals surface area contributed by atoms with Gasteiger partial charge in [0.15, 0.2) is 0 Å². The fraction of sp³-hybridized carbons (Fsp3) is 0.455. The number of hydrogen-bond acceptors (Lipinski definition) is 4. The molecule has 1 aromatic rings. The number of nitro benzene ring substituents is 1. The highest BCUT2D eigenvalue weighted by molar-refractivity contribution is 5.51. The lowest BCUT2D eigenvalue weighted by Crippen LogP contribution is -2.48. The van der Waals surface area contributed by atoms with Gasteiger partial charge in [-0.15, -0.1) is 0 Å². The van der Waals surface area contributed by atoms with E-state index in [1.54, 1.807) is 17.1 Å². The van der Waals surface area contributed by atoms with E-state index in [0.29, 0.717) is 0 Å². The predicted octanol–water partition coefficient (Wildman–Crippen LogP) is 2.46. The standard InChI is InChI=1S/C11H17N3O2/c1-4-11(2,3)13(12)9-5-7-10(8-6-9)14(15)16/h5-8H,4,12H2,1-3H3. The molecule has 0 spiro atoms. The highest BCUT2D eigenvalue weighted by Crippen LogP contribution is 2.24. The van der Waals surface area contributed by atoms with Crippen LogP contribution in [-0.2, 0) is 0 Å². The van der Waals surface area contributed by atoms with E-state index >= 15 is 0 Å². The number of hydrogen-bond donors (Lipinski definition) is 1. The van der Waals surface area contributed by atoms with Gasteiger partial charge in [0.25, 0.3) is 5.69 Å². The summed E-state index contributed by atoms with van der Waals surface area (Å²) in [5, 5.41) is 12.1. The summed E-state index contributed by atoms with van der Waals surface area (Å²) in [6.07, 6.45) is 0.889. The Kier molecular flexibility index (Phi) is 3.49. The lowest BCUT2D eigenvalue weighted by molar-refractivity contribution is -0.384. The minimum atomic E-state index is -0.421. The molecule has 0 saturated carbocycles. The third kappa shape index (κ3) is 2.49. The van der Waals surface area contributed by atoms with Gasteiger partial charge < -0.3 is 5.01 Å². The van der Waals surface area contributed by atoms with Gasteiger partial charge >= 0.3 is 0 Å². The van der Waals surface area contributed by atoms with Crippen LogP contribution in [0.15, 0.2) is 24.3 Å². The number of nitrogens with zero attached hydrogens (tertiary/aromatic N) is 2. The van der Waals surface area contributed by atoms with Gasteiger partial charge in [0.05, 0.1) is 16.1 Å². The van der Waals surface area contributed by atoms with Crippen LogP contribution in [0.4, 0.5) is 11.4 Å². The van der Waals surface area contributed by atoms with Crippen LogP contribution in [0.5, 0.6) is 0 Å². The summed E-state index contributed by atoms with van der Waals surface area (Å²) in [5.41, 5.74) is 0.680. The molecule has 0 atom stereocenters. The quantitative estimate of drug-likeness (QED) is 0.483. The first-order valence-electron chi connectivity index (χ1n) is 5.18. The van der Waals surface area contributed by atoms with E-state index in [1.165, 1.54) is 12.1 Å². The summed E-state index contributed by atoms with van der Waals surface area (Å²) in [7, 11) is 0. The maximum absolute atomic E-state index is 10.5. The Bertz CT molecular complexity index is 373. The molecule has 5 nitrogen and oxygen atoms in total. The largest absolute Gasteiger partial charge is 0.306 e. The van der Waals surface area contributed by atoms with Crippen LogP contribution in [0.2, 0.25) is 0 Å². The van der Waals surface area contributed by atoms with Gasteiger partial charge in [-0.2, -0.15) is 0 Å². The summed E-state index contributed by atoms with van der Waals surface area (Å²) >= 11 is 0. The smallest absolute Gasteiger partial charge is 0.269 e. The number of benzene rings is 1. The average Bonchev–Trinajstić information content (AvgIpc) is 2.28. The molecule has 0 saturated heterocycles. The Balaban J connectivity index is 2.94. The van der Waals surface area contributed by atoms with Crippen molar-refractivity contribution < 1.29 is 4.92 Å². The van der Waals surface area contributed by atoms with Gasteiger partial charge in [-0.05, 0) is 32.4 Å². The van der Waals surface area contributed by atoms with Crippen LogP contribution in [-0.4, -0.2) is 10.5 Å². The zero-order valence-electron chi connectivity index (χ0n) is 9.80. The minimum absolute atomic E-state index is 0.0754. The summed E-state index contributed by atoms with van der Waals surface area (Å²) in [6, 6.07) is 6.24. The molecule has 0 radical (unpaired) electrons. The molecule has 0 aromatic heterocycles. The van der Waals surface area contributed by atoms with Gasteiger partial charge in [0.2, 0.25) is 0 Å². The Morgan fingerprint density at radius 2 is 1.88 bits per heavy atom. The molecular formula is C11H17N3O2. The summed E-state index contributed by atoms with van der Waals surface area (Å²) in [5.74, 6) is 5.97. The Labute approximate surface area is 95.0 Å². The normalized spacial score (nSPS) is 11.2. The van der Waals surface area contributed by atoms with Crippen LogP contribution >= 0.6 is 0 Å². The SMILES string of the molecule is CCC(C)(C)N(N)c1ccc([N+](=O)[O-])cc1. The maximum atomic E-state index is 10.5. The number of anilines is 1. The molecule has 2 N–H and O–H groups in total. The number of nitro groups is 1. The van der Waals surface area contributed by atoms with Crippen LogP contribution in [0.1, 0.15) is 27.2 Å². The molecule has 0 aliphatic heterocycles. The van der Waals surface area contributed by atoms with E-state index in [9.17, 15) is 10.1 Å². The zero-order valence-corrected chi connectivity index (χ0v) is 9.80. The van der Waals surface area contributed by atoms with Crippen molar-refractivity contribution in [1.29, 1.82) is 0 Å². The van der Waals surface area contributed by atoms with Crippen molar-refractivity contribution in [2.45, 2.75) is 32.7 Å². The first kappa shape index (κ1) is 12.4. The molecule has 1 rings (SSSR count). The molecule has 88 valence electrons. The fourth-order valence-corrected chi connectivity index (χ4v) is 1.25. The van der Waals surface area contributed by atoms with E-state index in [-0.39, 0.29) is 11.2 Å². The molecule has 0 bridgehead atoms. The number of nitrogens with two attached hydrogens (primary N) is 1. The Morgan fingerprint density at radius 1 is 1.38 bits per heavy atom. The molecule has 5 heteroatoms. The molecule has 16 heavy (non-hydrogen) atoms. The third-order valence-electron chi connectivity index (χ3n) is 2.86. The number of rotatable bonds is 4. The topological polar surface area (TPSA) is 72.4 Å². The monoisotopic (exact) mass is 223 g/mol. The lowest BCUT2D eigenvalue weighted by atomic mass is 10.0. The predicted molar refractivity (Wildman–Crippen MR) is 64.1 cm³/mol. The second-order valence-electron chi connectivity index (χ2n) is 4.31. The molecule has 0 fully saturated rings. The van der Waals surface area contributed by atoms with E-state index in [2.05, 4.69) is 0 Å².